The summed E-state index contributed by atoms with van der Waals surface area (Å²) in [5.74, 6) is 0. The van der Waals surface area contributed by atoms with Gasteiger partial charge in [-0.25, -0.2) is 4.68 Å². The molecule has 0 fully saturated rings. The van der Waals surface area contributed by atoms with Crippen molar-refractivity contribution in [3.8, 4) is 5.69 Å². The Morgan fingerprint density at radius 3 is 2.74 bits per heavy atom. The van der Waals surface area contributed by atoms with Crippen LogP contribution in [-0.2, 0) is 0 Å². The van der Waals surface area contributed by atoms with Gasteiger partial charge < -0.3 is 5.32 Å². The summed E-state index contributed by atoms with van der Waals surface area (Å²) in [6.45, 7) is 6.03. The fraction of sp³-hybridized carbons (Fsp3) is 0.312. The van der Waals surface area contributed by atoms with Gasteiger partial charge in [0, 0.05) is 17.8 Å². The molecule has 1 aromatic carbocycles. The van der Waals surface area contributed by atoms with Gasteiger partial charge in [-0.05, 0) is 38.9 Å². The molecule has 1 heterocycles. The number of benzene rings is 1. The van der Waals surface area contributed by atoms with Gasteiger partial charge in [-0.15, -0.1) is 6.58 Å². The third-order valence-corrected chi connectivity index (χ3v) is 3.23. The second-order valence-corrected chi connectivity index (χ2v) is 4.89. The van der Waals surface area contributed by atoms with Gasteiger partial charge in [-0.2, -0.15) is 5.10 Å². The fourth-order valence-corrected chi connectivity index (χ4v) is 2.11. The van der Waals surface area contributed by atoms with E-state index in [9.17, 15) is 0 Å². The van der Waals surface area contributed by atoms with E-state index in [1.165, 1.54) is 11.1 Å². The molecule has 0 aliphatic heterocycles. The van der Waals surface area contributed by atoms with Crippen LogP contribution in [0.25, 0.3) is 5.69 Å². The molecule has 0 saturated carbocycles. The lowest BCUT2D eigenvalue weighted by atomic mass is 10.0. The van der Waals surface area contributed by atoms with E-state index in [1.54, 1.807) is 0 Å². The molecular weight excluding hydrogens is 234 g/mol. The Balaban J connectivity index is 2.13. The highest BCUT2D eigenvalue weighted by Gasteiger charge is 2.11. The molecule has 0 saturated heterocycles. The fourth-order valence-electron chi connectivity index (χ4n) is 2.11. The highest BCUT2D eigenvalue weighted by molar-refractivity contribution is 5.31. The Bertz CT molecular complexity index is 528. The van der Waals surface area contributed by atoms with Gasteiger partial charge in [-0.3, -0.25) is 0 Å². The quantitative estimate of drug-likeness (QED) is 0.801. The first-order valence-electron chi connectivity index (χ1n) is 6.62. The van der Waals surface area contributed by atoms with E-state index in [1.807, 2.05) is 36.1 Å². The Labute approximate surface area is 115 Å². The number of hydrogen-bond acceptors (Lipinski definition) is 2. The molecule has 1 atom stereocenters. The molecule has 2 aromatic rings. The summed E-state index contributed by atoms with van der Waals surface area (Å²) < 4.78 is 1.92. The predicted octanol–water partition coefficient (Wildman–Crippen LogP) is 3.49. The Kier molecular flexibility index (Phi) is 4.53. The molecule has 3 heteroatoms. The summed E-state index contributed by atoms with van der Waals surface area (Å²) in [5, 5.41) is 7.78. The van der Waals surface area contributed by atoms with Crippen LogP contribution < -0.4 is 5.32 Å². The average molecular weight is 255 g/mol. The molecule has 1 unspecified atom stereocenters. The minimum Gasteiger partial charge on any atom is -0.313 e. The maximum atomic E-state index is 4.44. The third-order valence-electron chi connectivity index (χ3n) is 3.23. The first-order valence-corrected chi connectivity index (χ1v) is 6.62. The van der Waals surface area contributed by atoms with Crippen molar-refractivity contribution in [2.75, 3.05) is 7.05 Å². The smallest absolute Gasteiger partial charge is 0.0645 e. The minimum absolute atomic E-state index is 0.328. The molecule has 1 aromatic heterocycles. The molecule has 100 valence electrons. The van der Waals surface area contributed by atoms with Crippen LogP contribution in [0.3, 0.4) is 0 Å². The summed E-state index contributed by atoms with van der Waals surface area (Å²) in [6.07, 6.45) is 6.11. The summed E-state index contributed by atoms with van der Waals surface area (Å²) in [7, 11) is 1.99. The number of allylic oxidation sites excluding steroid dienone is 1. The second kappa shape index (κ2) is 6.34. The second-order valence-electron chi connectivity index (χ2n) is 4.89. The van der Waals surface area contributed by atoms with Crippen LogP contribution in [0.2, 0.25) is 0 Å². The molecule has 19 heavy (non-hydrogen) atoms. The van der Waals surface area contributed by atoms with E-state index >= 15 is 0 Å². The molecular formula is C16H21N3. The largest absolute Gasteiger partial charge is 0.313 e. The van der Waals surface area contributed by atoms with Gasteiger partial charge in [0.25, 0.3) is 0 Å². The van der Waals surface area contributed by atoms with Crippen LogP contribution in [0, 0.1) is 0 Å². The average Bonchev–Trinajstić information content (AvgIpc) is 2.90. The van der Waals surface area contributed by atoms with E-state index < -0.39 is 0 Å². The molecule has 2 rings (SSSR count). The zero-order chi connectivity index (χ0) is 13.7. The van der Waals surface area contributed by atoms with Gasteiger partial charge in [0.05, 0.1) is 11.9 Å². The molecule has 0 radical (unpaired) electrons. The van der Waals surface area contributed by atoms with E-state index in [0.717, 1.165) is 18.5 Å². The van der Waals surface area contributed by atoms with Crippen LogP contribution >= 0.6 is 0 Å². The highest BCUT2D eigenvalue weighted by Crippen LogP contribution is 2.20. The van der Waals surface area contributed by atoms with Crippen LogP contribution in [0.1, 0.15) is 31.4 Å². The van der Waals surface area contributed by atoms with Crippen molar-refractivity contribution in [1.29, 1.82) is 0 Å². The topological polar surface area (TPSA) is 29.9 Å². The summed E-state index contributed by atoms with van der Waals surface area (Å²) in [5.41, 5.74) is 3.52. The first-order chi connectivity index (χ1) is 9.20. The number of nitrogens with one attached hydrogen (secondary N) is 1. The first kappa shape index (κ1) is 13.6. The van der Waals surface area contributed by atoms with Crippen molar-refractivity contribution in [2.45, 2.75) is 25.8 Å². The van der Waals surface area contributed by atoms with E-state index in [2.05, 4.69) is 42.2 Å². The Hall–Kier alpha value is -1.87. The molecule has 0 aliphatic rings. The van der Waals surface area contributed by atoms with E-state index in [0.29, 0.717) is 6.04 Å². The Morgan fingerprint density at radius 1 is 1.37 bits per heavy atom. The zero-order valence-electron chi connectivity index (χ0n) is 11.6. The lowest BCUT2D eigenvalue weighted by Gasteiger charge is -2.14. The molecule has 3 nitrogen and oxygen atoms in total. The maximum absolute atomic E-state index is 4.44. The van der Waals surface area contributed by atoms with Gasteiger partial charge in [-0.1, -0.05) is 23.8 Å². The minimum atomic E-state index is 0.328. The number of aromatic nitrogens is 2. The van der Waals surface area contributed by atoms with Gasteiger partial charge in [0.2, 0.25) is 0 Å². The van der Waals surface area contributed by atoms with Crippen LogP contribution in [0.4, 0.5) is 0 Å². The summed E-state index contributed by atoms with van der Waals surface area (Å²) >= 11 is 0. The van der Waals surface area contributed by atoms with Crippen LogP contribution in [-0.4, -0.2) is 16.8 Å². The van der Waals surface area contributed by atoms with Crippen molar-refractivity contribution < 1.29 is 0 Å². The summed E-state index contributed by atoms with van der Waals surface area (Å²) in [6, 6.07) is 10.5. The van der Waals surface area contributed by atoms with Gasteiger partial charge >= 0.3 is 0 Å². The third kappa shape index (κ3) is 3.55. The number of hydrogen-bond donors (Lipinski definition) is 1. The number of nitrogens with zero attached hydrogens (tertiary/aromatic N) is 2. The van der Waals surface area contributed by atoms with Crippen molar-refractivity contribution in [3.05, 3.63) is 60.4 Å². The standard InChI is InChI=1S/C16H21N3/c1-13(2)9-10-16(17-3)14-11-18-19(12-14)15-7-5-4-6-8-15/h4-8,11-12,16-17H,1,9-10H2,2-3H3. The molecule has 0 amide bonds. The molecule has 1 N–H and O–H groups in total. The van der Waals surface area contributed by atoms with Crippen molar-refractivity contribution in [1.82, 2.24) is 15.1 Å². The highest BCUT2D eigenvalue weighted by atomic mass is 15.3. The SMILES string of the molecule is C=C(C)CCC(NC)c1cnn(-c2ccccc2)c1. The maximum Gasteiger partial charge on any atom is 0.0645 e. The Morgan fingerprint density at radius 2 is 2.11 bits per heavy atom. The van der Waals surface area contributed by atoms with Crippen molar-refractivity contribution in [2.24, 2.45) is 0 Å². The van der Waals surface area contributed by atoms with E-state index in [-0.39, 0.29) is 0 Å². The number of para-hydroxylation sites is 1. The molecule has 0 bridgehead atoms. The monoisotopic (exact) mass is 255 g/mol. The van der Waals surface area contributed by atoms with E-state index in [4.69, 9.17) is 0 Å². The number of rotatable bonds is 6. The predicted molar refractivity (Wildman–Crippen MR) is 79.4 cm³/mol. The molecule has 0 aliphatic carbocycles. The van der Waals surface area contributed by atoms with Crippen LogP contribution in [0.15, 0.2) is 54.9 Å². The lowest BCUT2D eigenvalue weighted by molar-refractivity contribution is 0.548. The van der Waals surface area contributed by atoms with Crippen LogP contribution in [0.5, 0.6) is 0 Å². The van der Waals surface area contributed by atoms with Crippen molar-refractivity contribution >= 4 is 0 Å². The normalized spacial score (nSPS) is 12.3. The zero-order valence-corrected chi connectivity index (χ0v) is 11.6. The summed E-state index contributed by atoms with van der Waals surface area (Å²) in [4.78, 5) is 0. The van der Waals surface area contributed by atoms with Gasteiger partial charge in [0.15, 0.2) is 0 Å². The van der Waals surface area contributed by atoms with Crippen molar-refractivity contribution in [3.63, 3.8) is 0 Å². The molecule has 0 spiro atoms. The lowest BCUT2D eigenvalue weighted by Crippen LogP contribution is -2.15. The van der Waals surface area contributed by atoms with Gasteiger partial charge in [0.1, 0.15) is 0 Å².